The number of carboxylic acid groups (broad SMARTS) is 1. The Bertz CT molecular complexity index is 1190. The zero-order chi connectivity index (χ0) is 29.2. The van der Waals surface area contributed by atoms with E-state index in [1.54, 1.807) is 4.90 Å². The highest BCUT2D eigenvalue weighted by molar-refractivity contribution is 5.87. The average molecular weight is 561 g/mol. The number of hydrogen-bond donors (Lipinski definition) is 2. The molecule has 1 saturated heterocycles. The number of nitrogens with zero attached hydrogens (tertiary/aromatic N) is 1. The number of methoxy groups -OCH3 is 1. The average Bonchev–Trinajstić information content (AvgIpc) is 3.28. The van der Waals surface area contributed by atoms with Crippen LogP contribution in [0.5, 0.6) is 5.75 Å². The maximum atomic E-state index is 14.1. The van der Waals surface area contributed by atoms with Crippen LogP contribution in [0, 0.1) is 17.3 Å². The van der Waals surface area contributed by atoms with Crippen LogP contribution in [-0.2, 0) is 22.3 Å². The number of aliphatic carboxylic acids is 1. The molecule has 2 aromatic carbocycles. The Morgan fingerprint density at radius 1 is 1.02 bits per heavy atom. The van der Waals surface area contributed by atoms with Crippen LogP contribution >= 0.6 is 0 Å². The predicted octanol–water partition coefficient (Wildman–Crippen LogP) is 6.45. The quantitative estimate of drug-likeness (QED) is 0.407. The molecule has 6 nitrogen and oxygen atoms in total. The first-order valence-electron chi connectivity index (χ1n) is 13.9. The van der Waals surface area contributed by atoms with Gasteiger partial charge in [0.05, 0.1) is 18.7 Å². The lowest BCUT2D eigenvalue weighted by Gasteiger charge is -2.36. The van der Waals surface area contributed by atoms with Crippen LogP contribution in [0.2, 0.25) is 0 Å². The summed E-state index contributed by atoms with van der Waals surface area (Å²) in [7, 11) is 1.40. The number of hydrogen-bond acceptors (Lipinski definition) is 4. The maximum absolute atomic E-state index is 14.1. The van der Waals surface area contributed by atoms with Crippen molar-refractivity contribution >= 4 is 11.9 Å². The first kappa shape index (κ1) is 29.9. The standard InChI is InChI=1S/C31H39F3N2O4/c1-30(2,3)24-25(35-18-21-17-22(31(32,33)34)15-16-23(21)40-4)26(19-11-7-5-8-12-19)36(27(24)29(38)39)28(37)20-13-9-6-10-14-20/h5,7-8,11-12,15-17,20,24-27,35H,6,9-10,13-14,18H2,1-4H3,(H,38,39). The lowest BCUT2D eigenvalue weighted by molar-refractivity contribution is -0.154. The molecule has 2 aliphatic rings. The van der Waals surface area contributed by atoms with Gasteiger partial charge >= 0.3 is 12.1 Å². The van der Waals surface area contributed by atoms with E-state index in [1.807, 2.05) is 51.1 Å². The molecular formula is C31H39F3N2O4. The lowest BCUT2D eigenvalue weighted by atomic mass is 9.72. The first-order valence-corrected chi connectivity index (χ1v) is 13.9. The summed E-state index contributed by atoms with van der Waals surface area (Å²) in [6.07, 6.45) is -0.157. The predicted molar refractivity (Wildman–Crippen MR) is 146 cm³/mol. The van der Waals surface area contributed by atoms with Gasteiger partial charge in [-0.3, -0.25) is 4.79 Å². The van der Waals surface area contributed by atoms with Crippen LogP contribution in [-0.4, -0.2) is 41.1 Å². The van der Waals surface area contributed by atoms with Gasteiger partial charge in [0.15, 0.2) is 0 Å². The van der Waals surface area contributed by atoms with Crippen LogP contribution in [0.4, 0.5) is 13.2 Å². The van der Waals surface area contributed by atoms with E-state index in [0.29, 0.717) is 11.3 Å². The molecule has 4 unspecified atom stereocenters. The third kappa shape index (κ3) is 6.14. The van der Waals surface area contributed by atoms with E-state index in [1.165, 1.54) is 13.2 Å². The second-order valence-corrected chi connectivity index (χ2v) is 12.0. The van der Waals surface area contributed by atoms with Gasteiger partial charge in [0, 0.05) is 30.0 Å². The second kappa shape index (κ2) is 11.8. The Balaban J connectivity index is 1.81. The molecule has 1 heterocycles. The topological polar surface area (TPSA) is 78.9 Å². The molecule has 40 heavy (non-hydrogen) atoms. The summed E-state index contributed by atoms with van der Waals surface area (Å²) in [6, 6.07) is 10.4. The SMILES string of the molecule is COc1ccc(C(F)(F)F)cc1CNC1C(c2ccccc2)N(C(=O)C2CCCCC2)C(C(=O)O)C1C(C)(C)C. The Kier molecular flexibility index (Phi) is 8.83. The van der Waals surface area contributed by atoms with Crippen LogP contribution in [0.25, 0.3) is 0 Å². The summed E-state index contributed by atoms with van der Waals surface area (Å²) < 4.78 is 46.0. The van der Waals surface area contributed by atoms with Crippen LogP contribution < -0.4 is 10.1 Å². The minimum Gasteiger partial charge on any atom is -0.496 e. The van der Waals surface area contributed by atoms with Gasteiger partial charge in [0.2, 0.25) is 5.91 Å². The van der Waals surface area contributed by atoms with Crippen LogP contribution in [0.1, 0.15) is 75.6 Å². The third-order valence-electron chi connectivity index (χ3n) is 8.41. The number of alkyl halides is 3. The Morgan fingerprint density at radius 3 is 2.23 bits per heavy atom. The van der Waals surface area contributed by atoms with Gasteiger partial charge in [-0.2, -0.15) is 13.2 Å². The number of nitrogens with one attached hydrogen (secondary N) is 1. The highest BCUT2D eigenvalue weighted by atomic mass is 19.4. The van der Waals surface area contributed by atoms with Gasteiger partial charge in [-0.05, 0) is 42.0 Å². The third-order valence-corrected chi connectivity index (χ3v) is 8.41. The van der Waals surface area contributed by atoms with E-state index in [2.05, 4.69) is 5.32 Å². The summed E-state index contributed by atoms with van der Waals surface area (Å²) in [6.45, 7) is 5.85. The summed E-state index contributed by atoms with van der Waals surface area (Å²) in [5.41, 5.74) is -0.243. The van der Waals surface area contributed by atoms with E-state index in [-0.39, 0.29) is 18.4 Å². The molecule has 2 fully saturated rings. The molecule has 9 heteroatoms. The van der Waals surface area contributed by atoms with E-state index < -0.39 is 47.2 Å². The molecular weight excluding hydrogens is 521 g/mol. The fourth-order valence-corrected chi connectivity index (χ4v) is 6.61. The van der Waals surface area contributed by atoms with Gasteiger partial charge in [0.25, 0.3) is 0 Å². The number of halogens is 3. The normalized spacial score (nSPS) is 24.2. The number of benzene rings is 2. The molecule has 2 N–H and O–H groups in total. The molecule has 0 aromatic heterocycles. The van der Waals surface area contributed by atoms with Crippen molar-refractivity contribution in [2.24, 2.45) is 17.3 Å². The molecule has 1 saturated carbocycles. The molecule has 4 rings (SSSR count). The molecule has 0 spiro atoms. The second-order valence-electron chi connectivity index (χ2n) is 12.0. The largest absolute Gasteiger partial charge is 0.496 e. The van der Waals surface area contributed by atoms with Crippen molar-refractivity contribution < 1.29 is 32.6 Å². The summed E-state index contributed by atoms with van der Waals surface area (Å²) >= 11 is 0. The maximum Gasteiger partial charge on any atom is 0.416 e. The van der Waals surface area contributed by atoms with Crippen LogP contribution in [0.15, 0.2) is 48.5 Å². The molecule has 0 bridgehead atoms. The smallest absolute Gasteiger partial charge is 0.416 e. The Hall–Kier alpha value is -3.07. The Morgan fingerprint density at radius 2 is 1.68 bits per heavy atom. The number of rotatable bonds is 7. The lowest BCUT2D eigenvalue weighted by Crippen LogP contribution is -2.49. The minimum absolute atomic E-state index is 0.00543. The molecule has 1 aliphatic carbocycles. The van der Waals surface area contributed by atoms with Gasteiger partial charge < -0.3 is 20.1 Å². The number of ether oxygens (including phenoxy) is 1. The highest BCUT2D eigenvalue weighted by Crippen LogP contribution is 2.49. The van der Waals surface area contributed by atoms with Crippen molar-refractivity contribution in [3.8, 4) is 5.75 Å². The van der Waals surface area contributed by atoms with Gasteiger partial charge in [-0.25, -0.2) is 4.79 Å². The number of carbonyl (C=O) groups excluding carboxylic acids is 1. The van der Waals surface area contributed by atoms with Gasteiger partial charge in [-0.1, -0.05) is 70.4 Å². The molecule has 2 aromatic rings. The van der Waals surface area contributed by atoms with Crippen LogP contribution in [0.3, 0.4) is 0 Å². The molecule has 4 atom stereocenters. The number of carboxylic acids is 1. The number of amides is 1. The van der Waals surface area contributed by atoms with Crippen molar-refractivity contribution in [1.82, 2.24) is 10.2 Å². The first-order chi connectivity index (χ1) is 18.8. The zero-order valence-corrected chi connectivity index (χ0v) is 23.5. The number of likely N-dealkylation sites (tertiary alicyclic amines) is 1. The Labute approximate surface area is 233 Å². The summed E-state index contributed by atoms with van der Waals surface area (Å²) in [5, 5.41) is 14.0. The molecule has 1 amide bonds. The van der Waals surface area contributed by atoms with E-state index in [0.717, 1.165) is 49.8 Å². The van der Waals surface area contributed by atoms with Crippen molar-refractivity contribution in [2.45, 2.75) is 83.7 Å². The van der Waals surface area contributed by atoms with Gasteiger partial charge in [-0.15, -0.1) is 0 Å². The monoisotopic (exact) mass is 560 g/mol. The minimum atomic E-state index is -4.52. The van der Waals surface area contributed by atoms with Crippen molar-refractivity contribution in [2.75, 3.05) is 7.11 Å². The molecule has 0 radical (unpaired) electrons. The van der Waals surface area contributed by atoms with E-state index in [9.17, 15) is 27.9 Å². The highest BCUT2D eigenvalue weighted by Gasteiger charge is 2.58. The summed E-state index contributed by atoms with van der Waals surface area (Å²) in [4.78, 5) is 28.7. The van der Waals surface area contributed by atoms with E-state index >= 15 is 0 Å². The zero-order valence-electron chi connectivity index (χ0n) is 23.5. The van der Waals surface area contributed by atoms with E-state index in [4.69, 9.17) is 4.74 Å². The fraction of sp³-hybridized carbons (Fsp3) is 0.548. The number of carbonyl (C=O) groups is 2. The fourth-order valence-electron chi connectivity index (χ4n) is 6.61. The van der Waals surface area contributed by atoms with Gasteiger partial charge in [0.1, 0.15) is 11.8 Å². The molecule has 1 aliphatic heterocycles. The van der Waals surface area contributed by atoms with Crippen molar-refractivity contribution in [1.29, 1.82) is 0 Å². The summed E-state index contributed by atoms with van der Waals surface area (Å²) in [5.74, 6) is -1.71. The van der Waals surface area contributed by atoms with Crippen molar-refractivity contribution in [3.63, 3.8) is 0 Å². The van der Waals surface area contributed by atoms with Crippen molar-refractivity contribution in [3.05, 3.63) is 65.2 Å². The molecule has 218 valence electrons.